The number of rotatable bonds is 6. The van der Waals surface area contributed by atoms with E-state index in [1.165, 1.54) is 5.56 Å². The van der Waals surface area contributed by atoms with Gasteiger partial charge in [-0.3, -0.25) is 0 Å². The van der Waals surface area contributed by atoms with Gasteiger partial charge in [0.2, 0.25) is 10.0 Å². The molecule has 0 bridgehead atoms. The first-order valence-electron chi connectivity index (χ1n) is 7.68. The molecular formula is C19H19NO2S. The molecule has 0 aliphatic carbocycles. The summed E-state index contributed by atoms with van der Waals surface area (Å²) in [5.41, 5.74) is 1.22. The van der Waals surface area contributed by atoms with E-state index >= 15 is 0 Å². The quantitative estimate of drug-likeness (QED) is 0.702. The second-order valence-corrected chi connectivity index (χ2v) is 7.20. The third-order valence-corrected chi connectivity index (χ3v) is 5.34. The summed E-state index contributed by atoms with van der Waals surface area (Å²) in [4.78, 5) is 0.343. The summed E-state index contributed by atoms with van der Waals surface area (Å²) >= 11 is 0. The predicted molar refractivity (Wildman–Crippen MR) is 93.9 cm³/mol. The van der Waals surface area contributed by atoms with Crippen molar-refractivity contribution < 1.29 is 8.42 Å². The molecule has 0 aliphatic rings. The Morgan fingerprint density at radius 1 is 0.783 bits per heavy atom. The highest BCUT2D eigenvalue weighted by molar-refractivity contribution is 7.89. The molecule has 118 valence electrons. The highest BCUT2D eigenvalue weighted by Crippen LogP contribution is 2.22. The van der Waals surface area contributed by atoms with Crippen LogP contribution in [0.15, 0.2) is 77.7 Å². The van der Waals surface area contributed by atoms with Gasteiger partial charge in [0.25, 0.3) is 0 Å². The number of hydrogen-bond donors (Lipinski definition) is 1. The average Bonchev–Trinajstić information content (AvgIpc) is 2.59. The lowest BCUT2D eigenvalue weighted by molar-refractivity contribution is 0.580. The molecule has 0 atom stereocenters. The van der Waals surface area contributed by atoms with Gasteiger partial charge in [-0.25, -0.2) is 13.1 Å². The van der Waals surface area contributed by atoms with Gasteiger partial charge in [0.15, 0.2) is 0 Å². The molecule has 23 heavy (non-hydrogen) atoms. The normalized spacial score (nSPS) is 11.7. The van der Waals surface area contributed by atoms with Crippen molar-refractivity contribution in [1.29, 1.82) is 0 Å². The minimum absolute atomic E-state index is 0.343. The summed E-state index contributed by atoms with van der Waals surface area (Å²) in [6.45, 7) is 0.431. The van der Waals surface area contributed by atoms with Crippen LogP contribution in [0.25, 0.3) is 10.8 Å². The van der Waals surface area contributed by atoms with E-state index in [1.54, 1.807) is 12.1 Å². The largest absolute Gasteiger partial charge is 0.241 e. The zero-order chi connectivity index (χ0) is 16.1. The van der Waals surface area contributed by atoms with Gasteiger partial charge in [-0.15, -0.1) is 0 Å². The smallest absolute Gasteiger partial charge is 0.211 e. The molecule has 3 aromatic carbocycles. The first-order chi connectivity index (χ1) is 11.2. The van der Waals surface area contributed by atoms with Gasteiger partial charge in [-0.1, -0.05) is 66.7 Å². The van der Waals surface area contributed by atoms with Crippen molar-refractivity contribution in [3.63, 3.8) is 0 Å². The van der Waals surface area contributed by atoms with Crippen molar-refractivity contribution in [3.05, 3.63) is 78.4 Å². The van der Waals surface area contributed by atoms with E-state index in [1.807, 2.05) is 48.5 Å². The second-order valence-electron chi connectivity index (χ2n) is 5.46. The van der Waals surface area contributed by atoms with E-state index < -0.39 is 10.0 Å². The minimum Gasteiger partial charge on any atom is -0.211 e. The van der Waals surface area contributed by atoms with Gasteiger partial charge >= 0.3 is 0 Å². The minimum atomic E-state index is -3.49. The van der Waals surface area contributed by atoms with Gasteiger partial charge < -0.3 is 0 Å². The van der Waals surface area contributed by atoms with Crippen molar-refractivity contribution in [2.24, 2.45) is 0 Å². The standard InChI is InChI=1S/C19H19NO2S/c21-23(22,20-15-7-10-16-8-2-1-3-9-16)19-14-6-12-17-11-4-5-13-18(17)19/h1-6,8-9,11-14,20H,7,10,15H2. The summed E-state index contributed by atoms with van der Waals surface area (Å²) in [6, 6.07) is 23.0. The SMILES string of the molecule is O=S(=O)(NCCCc1ccccc1)c1cccc2ccccc12. The van der Waals surface area contributed by atoms with Gasteiger partial charge in [0.05, 0.1) is 4.90 Å². The van der Waals surface area contributed by atoms with E-state index in [9.17, 15) is 8.42 Å². The monoisotopic (exact) mass is 325 g/mol. The van der Waals surface area contributed by atoms with Gasteiger partial charge in [-0.05, 0) is 29.9 Å². The number of hydrogen-bond acceptors (Lipinski definition) is 2. The van der Waals surface area contributed by atoms with E-state index in [2.05, 4.69) is 16.9 Å². The fourth-order valence-corrected chi connectivity index (χ4v) is 3.95. The lowest BCUT2D eigenvalue weighted by Gasteiger charge is -2.09. The van der Waals surface area contributed by atoms with Crippen molar-refractivity contribution in [2.75, 3.05) is 6.54 Å². The van der Waals surface area contributed by atoms with Crippen LogP contribution in [-0.4, -0.2) is 15.0 Å². The maximum Gasteiger partial charge on any atom is 0.241 e. The molecule has 1 N–H and O–H groups in total. The first kappa shape index (κ1) is 15.7. The molecule has 0 amide bonds. The van der Waals surface area contributed by atoms with Crippen molar-refractivity contribution >= 4 is 20.8 Å². The molecule has 0 spiro atoms. The number of fused-ring (bicyclic) bond motifs is 1. The number of benzene rings is 3. The van der Waals surface area contributed by atoms with Crippen LogP contribution in [-0.2, 0) is 16.4 Å². The molecular weight excluding hydrogens is 306 g/mol. The van der Waals surface area contributed by atoms with E-state index in [-0.39, 0.29) is 0 Å². The van der Waals surface area contributed by atoms with Crippen LogP contribution < -0.4 is 4.72 Å². The van der Waals surface area contributed by atoms with Crippen LogP contribution in [0.2, 0.25) is 0 Å². The van der Waals surface area contributed by atoms with Gasteiger partial charge in [0.1, 0.15) is 0 Å². The van der Waals surface area contributed by atoms with Gasteiger partial charge in [-0.2, -0.15) is 0 Å². The Morgan fingerprint density at radius 2 is 1.48 bits per heavy atom. The summed E-state index contributed by atoms with van der Waals surface area (Å²) in [7, 11) is -3.49. The Kier molecular flexibility index (Phi) is 4.74. The first-order valence-corrected chi connectivity index (χ1v) is 9.16. The molecule has 0 saturated carbocycles. The van der Waals surface area contributed by atoms with Crippen LogP contribution in [0.1, 0.15) is 12.0 Å². The van der Waals surface area contributed by atoms with Crippen LogP contribution in [0.3, 0.4) is 0 Å². The van der Waals surface area contributed by atoms with Gasteiger partial charge in [0, 0.05) is 11.9 Å². The Labute approximate surface area is 137 Å². The Bertz CT molecular complexity index is 884. The van der Waals surface area contributed by atoms with Crippen molar-refractivity contribution in [1.82, 2.24) is 4.72 Å². The topological polar surface area (TPSA) is 46.2 Å². The Morgan fingerprint density at radius 3 is 2.30 bits per heavy atom. The third kappa shape index (κ3) is 3.78. The molecule has 3 aromatic rings. The molecule has 3 rings (SSSR count). The summed E-state index contributed by atoms with van der Waals surface area (Å²) in [6.07, 6.45) is 1.63. The zero-order valence-corrected chi connectivity index (χ0v) is 13.6. The lowest BCUT2D eigenvalue weighted by Crippen LogP contribution is -2.25. The predicted octanol–water partition coefficient (Wildman–Crippen LogP) is 3.75. The summed E-state index contributed by atoms with van der Waals surface area (Å²) < 4.78 is 27.8. The molecule has 0 saturated heterocycles. The maximum absolute atomic E-state index is 12.5. The Hall–Kier alpha value is -2.17. The molecule has 0 aromatic heterocycles. The summed E-state index contributed by atoms with van der Waals surface area (Å²) in [5.74, 6) is 0. The molecule has 0 aliphatic heterocycles. The van der Waals surface area contributed by atoms with Crippen LogP contribution in [0.4, 0.5) is 0 Å². The third-order valence-electron chi connectivity index (χ3n) is 3.82. The maximum atomic E-state index is 12.5. The second kappa shape index (κ2) is 6.94. The van der Waals surface area contributed by atoms with Crippen LogP contribution in [0, 0.1) is 0 Å². The molecule has 4 heteroatoms. The number of nitrogens with one attached hydrogen (secondary N) is 1. The number of aryl methyl sites for hydroxylation is 1. The fraction of sp³-hybridized carbons (Fsp3) is 0.158. The summed E-state index contributed by atoms with van der Waals surface area (Å²) in [5, 5.41) is 1.69. The van der Waals surface area contributed by atoms with E-state index in [0.29, 0.717) is 11.4 Å². The molecule has 3 nitrogen and oxygen atoms in total. The van der Waals surface area contributed by atoms with Crippen molar-refractivity contribution in [3.8, 4) is 0 Å². The Balaban J connectivity index is 1.69. The highest BCUT2D eigenvalue weighted by atomic mass is 32.2. The molecule has 0 radical (unpaired) electrons. The van der Waals surface area contributed by atoms with E-state index in [0.717, 1.165) is 23.6 Å². The number of sulfonamides is 1. The van der Waals surface area contributed by atoms with E-state index in [4.69, 9.17) is 0 Å². The van der Waals surface area contributed by atoms with Crippen LogP contribution >= 0.6 is 0 Å². The molecule has 0 fully saturated rings. The van der Waals surface area contributed by atoms with Crippen molar-refractivity contribution in [2.45, 2.75) is 17.7 Å². The average molecular weight is 325 g/mol. The fourth-order valence-electron chi connectivity index (χ4n) is 2.65. The highest BCUT2D eigenvalue weighted by Gasteiger charge is 2.16. The van der Waals surface area contributed by atoms with Crippen LogP contribution in [0.5, 0.6) is 0 Å². The molecule has 0 unspecified atom stereocenters. The zero-order valence-electron chi connectivity index (χ0n) is 12.8. The molecule has 0 heterocycles. The lowest BCUT2D eigenvalue weighted by atomic mass is 10.1.